The van der Waals surface area contributed by atoms with Crippen LogP contribution in [-0.2, 0) is 6.54 Å². The Morgan fingerprint density at radius 2 is 1.88 bits per heavy atom. The normalized spacial score (nSPS) is 10.6. The molecule has 3 rings (SSSR count). The molecule has 0 spiro atoms. The van der Waals surface area contributed by atoms with Crippen LogP contribution in [0.3, 0.4) is 0 Å². The van der Waals surface area contributed by atoms with E-state index >= 15 is 0 Å². The van der Waals surface area contributed by atoms with E-state index in [9.17, 15) is 4.79 Å². The first kappa shape index (κ1) is 19.1. The fourth-order valence-electron chi connectivity index (χ4n) is 2.48. The van der Waals surface area contributed by atoms with Crippen LogP contribution in [0.5, 0.6) is 0 Å². The second-order valence-electron chi connectivity index (χ2n) is 5.68. The Kier molecular flexibility index (Phi) is 6.31. The third-order valence-electron chi connectivity index (χ3n) is 3.54. The third-order valence-corrected chi connectivity index (χ3v) is 3.78. The lowest BCUT2D eigenvalue weighted by molar-refractivity contribution is 0.103. The lowest BCUT2D eigenvalue weighted by atomic mass is 10.0. The zero-order valence-corrected chi connectivity index (χ0v) is 15.5. The Hall–Kier alpha value is -2.21. The van der Waals surface area contributed by atoms with Gasteiger partial charge in [-0.05, 0) is 32.3 Å². The maximum atomic E-state index is 12.9. The molecule has 7 heteroatoms. The number of nitrogens with zero attached hydrogens (tertiary/aromatic N) is 4. The Labute approximate surface area is 157 Å². The van der Waals surface area contributed by atoms with E-state index in [1.54, 1.807) is 35.0 Å². The van der Waals surface area contributed by atoms with Gasteiger partial charge < -0.3 is 4.90 Å². The van der Waals surface area contributed by atoms with Crippen LogP contribution in [0.1, 0.15) is 21.7 Å². The molecular weight excluding hydrogens is 359 g/mol. The smallest absolute Gasteiger partial charge is 0.195 e. The predicted octanol–water partition coefficient (Wildman–Crippen LogP) is 3.64. The summed E-state index contributed by atoms with van der Waals surface area (Å²) in [5.74, 6) is 0.656. The summed E-state index contributed by atoms with van der Waals surface area (Å²) in [6.45, 7) is 0.613. The van der Waals surface area contributed by atoms with E-state index in [2.05, 4.69) is 10.1 Å². The number of aromatic nitrogens is 3. The molecule has 0 bridgehead atoms. The van der Waals surface area contributed by atoms with Crippen molar-refractivity contribution in [1.82, 2.24) is 19.7 Å². The van der Waals surface area contributed by atoms with Crippen molar-refractivity contribution < 1.29 is 4.79 Å². The highest BCUT2D eigenvalue weighted by Crippen LogP contribution is 2.23. The first-order valence-corrected chi connectivity index (χ1v) is 7.87. The zero-order chi connectivity index (χ0) is 17.1. The summed E-state index contributed by atoms with van der Waals surface area (Å²) in [6.07, 6.45) is 1.49. The van der Waals surface area contributed by atoms with E-state index in [1.807, 2.05) is 37.2 Å². The molecule has 0 atom stereocenters. The van der Waals surface area contributed by atoms with Gasteiger partial charge in [-0.3, -0.25) is 4.79 Å². The summed E-state index contributed by atoms with van der Waals surface area (Å²) < 4.78 is 1.69. The molecule has 0 N–H and O–H groups in total. The molecule has 0 unspecified atom stereocenters. The van der Waals surface area contributed by atoms with Crippen LogP contribution in [-0.4, -0.2) is 39.5 Å². The topological polar surface area (TPSA) is 51.0 Å². The molecule has 0 amide bonds. The lowest BCUT2D eigenvalue weighted by Crippen LogP contribution is -2.17. The molecule has 0 aliphatic heterocycles. The molecule has 130 valence electrons. The Bertz CT molecular complexity index is 863. The quantitative estimate of drug-likeness (QED) is 0.637. The van der Waals surface area contributed by atoms with Gasteiger partial charge in [0.05, 0.1) is 12.2 Å². The van der Waals surface area contributed by atoms with Crippen LogP contribution in [0, 0.1) is 0 Å². The SMILES string of the molecule is CN(C)Cc1ncnn1-c1ccc(Cl)cc1C(=O)c1ccccc1.Cl. The maximum Gasteiger partial charge on any atom is 0.195 e. The highest BCUT2D eigenvalue weighted by Gasteiger charge is 2.18. The van der Waals surface area contributed by atoms with Crippen LogP contribution in [0.25, 0.3) is 5.69 Å². The van der Waals surface area contributed by atoms with Crippen molar-refractivity contribution in [2.24, 2.45) is 0 Å². The molecule has 5 nitrogen and oxygen atoms in total. The monoisotopic (exact) mass is 376 g/mol. The van der Waals surface area contributed by atoms with Crippen molar-refractivity contribution in [3.8, 4) is 5.69 Å². The summed E-state index contributed by atoms with van der Waals surface area (Å²) in [5, 5.41) is 4.80. The van der Waals surface area contributed by atoms with E-state index in [0.717, 1.165) is 5.82 Å². The molecule has 0 saturated carbocycles. The number of halogens is 2. The molecule has 0 fully saturated rings. The molecule has 0 aliphatic carbocycles. The van der Waals surface area contributed by atoms with Gasteiger partial charge in [-0.2, -0.15) is 5.10 Å². The Morgan fingerprint density at radius 1 is 1.16 bits per heavy atom. The Morgan fingerprint density at radius 3 is 2.56 bits per heavy atom. The zero-order valence-electron chi connectivity index (χ0n) is 13.9. The van der Waals surface area contributed by atoms with Crippen molar-refractivity contribution in [2.75, 3.05) is 14.1 Å². The highest BCUT2D eigenvalue weighted by molar-refractivity contribution is 6.31. The van der Waals surface area contributed by atoms with E-state index in [1.165, 1.54) is 6.33 Å². The number of carbonyl (C=O) groups is 1. The van der Waals surface area contributed by atoms with Crippen LogP contribution in [0.2, 0.25) is 5.02 Å². The van der Waals surface area contributed by atoms with Gasteiger partial charge in [0.25, 0.3) is 0 Å². The van der Waals surface area contributed by atoms with Crippen molar-refractivity contribution in [3.05, 3.63) is 76.8 Å². The number of rotatable bonds is 5. The van der Waals surface area contributed by atoms with E-state index in [0.29, 0.717) is 28.4 Å². The molecule has 2 aromatic carbocycles. The third kappa shape index (κ3) is 4.25. The van der Waals surface area contributed by atoms with Gasteiger partial charge in [0.1, 0.15) is 12.2 Å². The molecule has 1 aromatic heterocycles. The van der Waals surface area contributed by atoms with Gasteiger partial charge in [-0.15, -0.1) is 12.4 Å². The summed E-state index contributed by atoms with van der Waals surface area (Å²) >= 11 is 6.13. The first-order chi connectivity index (χ1) is 11.6. The van der Waals surface area contributed by atoms with Crippen molar-refractivity contribution >= 4 is 29.8 Å². The molecular formula is C18H18Cl2N4O. The standard InChI is InChI=1S/C18H17ClN4O.ClH/c1-22(2)11-17-20-12-21-23(17)16-9-8-14(19)10-15(16)18(24)13-6-4-3-5-7-13;/h3-10,12H,11H2,1-2H3;1H. The largest absolute Gasteiger partial charge is 0.302 e. The van der Waals surface area contributed by atoms with E-state index < -0.39 is 0 Å². The maximum absolute atomic E-state index is 12.9. The van der Waals surface area contributed by atoms with E-state index in [-0.39, 0.29) is 18.2 Å². The van der Waals surface area contributed by atoms with Crippen LogP contribution in [0.4, 0.5) is 0 Å². The summed E-state index contributed by atoms with van der Waals surface area (Å²) in [5.41, 5.74) is 1.78. The number of ketones is 1. The van der Waals surface area contributed by atoms with Crippen molar-refractivity contribution in [2.45, 2.75) is 6.54 Å². The van der Waals surface area contributed by atoms with Crippen LogP contribution >= 0.6 is 24.0 Å². The molecule has 3 aromatic rings. The highest BCUT2D eigenvalue weighted by atomic mass is 35.5. The summed E-state index contributed by atoms with van der Waals surface area (Å²) in [6, 6.07) is 14.3. The van der Waals surface area contributed by atoms with Crippen molar-refractivity contribution in [3.63, 3.8) is 0 Å². The average Bonchev–Trinajstić information content (AvgIpc) is 3.02. The number of benzene rings is 2. The van der Waals surface area contributed by atoms with Gasteiger partial charge in [-0.25, -0.2) is 9.67 Å². The molecule has 0 aliphatic rings. The van der Waals surface area contributed by atoms with Gasteiger partial charge in [-0.1, -0.05) is 41.9 Å². The minimum absolute atomic E-state index is 0. The molecule has 0 saturated heterocycles. The lowest BCUT2D eigenvalue weighted by Gasteiger charge is -2.14. The minimum atomic E-state index is -0.0978. The Balaban J connectivity index is 0.00000225. The van der Waals surface area contributed by atoms with Gasteiger partial charge >= 0.3 is 0 Å². The number of carbonyl (C=O) groups excluding carboxylic acids is 1. The fraction of sp³-hybridized carbons (Fsp3) is 0.167. The fourth-order valence-corrected chi connectivity index (χ4v) is 2.65. The number of hydrogen-bond acceptors (Lipinski definition) is 4. The second kappa shape index (κ2) is 8.25. The van der Waals surface area contributed by atoms with Gasteiger partial charge in [0.15, 0.2) is 5.78 Å². The minimum Gasteiger partial charge on any atom is -0.302 e. The summed E-state index contributed by atoms with van der Waals surface area (Å²) in [4.78, 5) is 19.2. The first-order valence-electron chi connectivity index (χ1n) is 7.49. The predicted molar refractivity (Wildman–Crippen MR) is 101 cm³/mol. The molecule has 1 heterocycles. The number of hydrogen-bond donors (Lipinski definition) is 0. The van der Waals surface area contributed by atoms with Crippen LogP contribution < -0.4 is 0 Å². The molecule has 0 radical (unpaired) electrons. The van der Waals surface area contributed by atoms with E-state index in [4.69, 9.17) is 11.6 Å². The second-order valence-corrected chi connectivity index (χ2v) is 6.12. The van der Waals surface area contributed by atoms with Gasteiger partial charge in [0.2, 0.25) is 0 Å². The average molecular weight is 377 g/mol. The summed E-state index contributed by atoms with van der Waals surface area (Å²) in [7, 11) is 3.91. The van der Waals surface area contributed by atoms with Crippen molar-refractivity contribution in [1.29, 1.82) is 0 Å². The van der Waals surface area contributed by atoms with Gasteiger partial charge in [0, 0.05) is 16.1 Å². The molecule has 25 heavy (non-hydrogen) atoms. The van der Waals surface area contributed by atoms with Crippen LogP contribution in [0.15, 0.2) is 54.9 Å².